The number of anilines is 1. The Hall–Kier alpha value is -1.59. The SMILES string of the molecule is CCN1CCN(S(=O)(=O)c2nnc(NC(=O)c3ccccc3Cl)s2)CC1. The average Bonchev–Trinajstić information content (AvgIpc) is 3.11. The van der Waals surface area contributed by atoms with Crippen LogP contribution in [0.25, 0.3) is 0 Å². The van der Waals surface area contributed by atoms with E-state index >= 15 is 0 Å². The number of hydrogen-bond acceptors (Lipinski definition) is 7. The van der Waals surface area contributed by atoms with Crippen LogP contribution in [0, 0.1) is 0 Å². The van der Waals surface area contributed by atoms with Crippen LogP contribution in [0.4, 0.5) is 5.13 Å². The summed E-state index contributed by atoms with van der Waals surface area (Å²) in [6.07, 6.45) is 0. The maximum atomic E-state index is 12.7. The van der Waals surface area contributed by atoms with E-state index in [0.29, 0.717) is 31.2 Å². The normalized spacial score (nSPS) is 16.5. The summed E-state index contributed by atoms with van der Waals surface area (Å²) in [7, 11) is -3.71. The Morgan fingerprint density at radius 1 is 1.23 bits per heavy atom. The van der Waals surface area contributed by atoms with Crippen LogP contribution >= 0.6 is 22.9 Å². The molecule has 0 radical (unpaired) electrons. The monoisotopic (exact) mass is 415 g/mol. The van der Waals surface area contributed by atoms with E-state index in [4.69, 9.17) is 11.6 Å². The third kappa shape index (κ3) is 4.04. The lowest BCUT2D eigenvalue weighted by molar-refractivity contribution is 0.102. The van der Waals surface area contributed by atoms with Gasteiger partial charge in [0.25, 0.3) is 15.9 Å². The molecule has 0 bridgehead atoms. The number of nitrogens with zero attached hydrogens (tertiary/aromatic N) is 4. The zero-order valence-corrected chi connectivity index (χ0v) is 16.4. The average molecular weight is 416 g/mol. The number of rotatable bonds is 5. The molecular weight excluding hydrogens is 398 g/mol. The summed E-state index contributed by atoms with van der Waals surface area (Å²) in [5, 5.41) is 10.5. The van der Waals surface area contributed by atoms with Crippen molar-refractivity contribution in [2.24, 2.45) is 0 Å². The zero-order valence-electron chi connectivity index (χ0n) is 14.1. The Balaban J connectivity index is 1.71. The molecule has 140 valence electrons. The number of hydrogen-bond donors (Lipinski definition) is 1. The number of sulfonamides is 1. The Morgan fingerprint density at radius 2 is 1.92 bits per heavy atom. The number of halogens is 1. The van der Waals surface area contributed by atoms with Crippen molar-refractivity contribution in [1.82, 2.24) is 19.4 Å². The smallest absolute Gasteiger partial charge is 0.272 e. The highest BCUT2D eigenvalue weighted by molar-refractivity contribution is 7.91. The van der Waals surface area contributed by atoms with Gasteiger partial charge in [-0.15, -0.1) is 10.2 Å². The van der Waals surface area contributed by atoms with E-state index in [0.717, 1.165) is 17.9 Å². The second kappa shape index (κ2) is 7.97. The van der Waals surface area contributed by atoms with Crippen molar-refractivity contribution in [2.45, 2.75) is 11.3 Å². The molecule has 1 amide bonds. The van der Waals surface area contributed by atoms with Crippen LogP contribution in [0.5, 0.6) is 0 Å². The number of benzene rings is 1. The molecule has 1 aromatic carbocycles. The van der Waals surface area contributed by atoms with Crippen molar-refractivity contribution >= 4 is 44.0 Å². The van der Waals surface area contributed by atoms with Gasteiger partial charge >= 0.3 is 0 Å². The van der Waals surface area contributed by atoms with Crippen molar-refractivity contribution in [1.29, 1.82) is 0 Å². The van der Waals surface area contributed by atoms with Crippen molar-refractivity contribution in [2.75, 3.05) is 38.0 Å². The largest absolute Gasteiger partial charge is 0.301 e. The van der Waals surface area contributed by atoms with Gasteiger partial charge in [0.15, 0.2) is 0 Å². The molecule has 1 N–H and O–H groups in total. The lowest BCUT2D eigenvalue weighted by Gasteiger charge is -2.32. The number of nitrogens with one attached hydrogen (secondary N) is 1. The quantitative estimate of drug-likeness (QED) is 0.748. The lowest BCUT2D eigenvalue weighted by Crippen LogP contribution is -2.48. The summed E-state index contributed by atoms with van der Waals surface area (Å²) in [6, 6.07) is 6.58. The molecule has 1 aromatic heterocycles. The molecule has 2 heterocycles. The molecule has 0 unspecified atom stereocenters. The predicted octanol–water partition coefficient (Wildman–Crippen LogP) is 1.77. The summed E-state index contributed by atoms with van der Waals surface area (Å²) >= 11 is 6.82. The van der Waals surface area contributed by atoms with E-state index in [-0.39, 0.29) is 15.0 Å². The van der Waals surface area contributed by atoms with Crippen LogP contribution in [0.3, 0.4) is 0 Å². The maximum Gasteiger partial charge on any atom is 0.272 e. The summed E-state index contributed by atoms with van der Waals surface area (Å²) in [6.45, 7) is 5.14. The zero-order chi connectivity index (χ0) is 18.7. The first-order valence-corrected chi connectivity index (χ1v) is 10.7. The number of piperazine rings is 1. The van der Waals surface area contributed by atoms with E-state index in [9.17, 15) is 13.2 Å². The molecule has 1 aliphatic rings. The predicted molar refractivity (Wildman–Crippen MR) is 100 cm³/mol. The summed E-state index contributed by atoms with van der Waals surface area (Å²) in [5.74, 6) is -0.466. The van der Waals surface area contributed by atoms with Crippen LogP contribution in [0.15, 0.2) is 28.6 Å². The van der Waals surface area contributed by atoms with Gasteiger partial charge in [0.1, 0.15) is 0 Å². The second-order valence-corrected chi connectivity index (χ2v) is 9.14. The van der Waals surface area contributed by atoms with Gasteiger partial charge in [0.05, 0.1) is 10.6 Å². The van der Waals surface area contributed by atoms with Crippen LogP contribution in [0.1, 0.15) is 17.3 Å². The fourth-order valence-corrected chi connectivity index (χ4v) is 5.25. The van der Waals surface area contributed by atoms with E-state index < -0.39 is 15.9 Å². The minimum Gasteiger partial charge on any atom is -0.301 e. The van der Waals surface area contributed by atoms with Gasteiger partial charge < -0.3 is 4.90 Å². The first-order chi connectivity index (χ1) is 12.4. The molecule has 8 nitrogen and oxygen atoms in total. The van der Waals surface area contributed by atoms with Gasteiger partial charge in [0.2, 0.25) is 9.47 Å². The van der Waals surface area contributed by atoms with Crippen LogP contribution in [-0.4, -0.2) is 66.5 Å². The highest BCUT2D eigenvalue weighted by atomic mass is 35.5. The molecule has 0 saturated carbocycles. The first-order valence-electron chi connectivity index (χ1n) is 8.03. The molecular formula is C15H18ClN5O3S2. The Bertz CT molecular complexity index is 894. The van der Waals surface area contributed by atoms with Crippen molar-refractivity contribution < 1.29 is 13.2 Å². The number of likely N-dealkylation sites (N-methyl/N-ethyl adjacent to an activating group) is 1. The first kappa shape index (κ1) is 19.2. The van der Waals surface area contributed by atoms with E-state index in [1.165, 1.54) is 4.31 Å². The standard InChI is InChI=1S/C15H18ClN5O3S2/c1-2-20-7-9-21(10-8-20)26(23,24)15-19-18-14(25-15)17-13(22)11-5-3-4-6-12(11)16/h3-6H,2,7-10H2,1H3,(H,17,18,22). The van der Waals surface area contributed by atoms with Gasteiger partial charge in [0, 0.05) is 26.2 Å². The third-order valence-corrected chi connectivity index (χ3v) is 7.50. The van der Waals surface area contributed by atoms with Gasteiger partial charge in [-0.05, 0) is 18.7 Å². The highest BCUT2D eigenvalue weighted by Crippen LogP contribution is 2.25. The molecule has 11 heteroatoms. The summed E-state index contributed by atoms with van der Waals surface area (Å²) < 4.78 is 26.6. The number of carbonyl (C=O) groups excluding carboxylic acids is 1. The molecule has 1 saturated heterocycles. The third-order valence-electron chi connectivity index (χ3n) is 4.08. The van der Waals surface area contributed by atoms with Crippen LogP contribution in [0.2, 0.25) is 5.02 Å². The number of carbonyl (C=O) groups is 1. The topological polar surface area (TPSA) is 95.5 Å². The highest BCUT2D eigenvalue weighted by Gasteiger charge is 2.31. The molecule has 0 spiro atoms. The fraction of sp³-hybridized carbons (Fsp3) is 0.400. The van der Waals surface area contributed by atoms with Gasteiger partial charge in [-0.1, -0.05) is 42.0 Å². The van der Waals surface area contributed by atoms with E-state index in [1.807, 2.05) is 6.92 Å². The number of aromatic nitrogens is 2. The van der Waals surface area contributed by atoms with Crippen LogP contribution in [-0.2, 0) is 10.0 Å². The Morgan fingerprint density at radius 3 is 2.58 bits per heavy atom. The minimum atomic E-state index is -3.71. The summed E-state index contributed by atoms with van der Waals surface area (Å²) in [4.78, 5) is 14.4. The molecule has 26 heavy (non-hydrogen) atoms. The van der Waals surface area contributed by atoms with Gasteiger partial charge in [-0.25, -0.2) is 8.42 Å². The Labute approximate surface area is 160 Å². The molecule has 0 aliphatic carbocycles. The molecule has 2 aromatic rings. The van der Waals surface area contributed by atoms with Crippen molar-refractivity contribution in [3.63, 3.8) is 0 Å². The molecule has 1 aliphatic heterocycles. The van der Waals surface area contributed by atoms with Gasteiger partial charge in [-0.3, -0.25) is 10.1 Å². The van der Waals surface area contributed by atoms with E-state index in [1.54, 1.807) is 24.3 Å². The lowest BCUT2D eigenvalue weighted by atomic mass is 10.2. The summed E-state index contributed by atoms with van der Waals surface area (Å²) in [5.41, 5.74) is 0.282. The second-order valence-electron chi connectivity index (χ2n) is 5.65. The van der Waals surface area contributed by atoms with E-state index in [2.05, 4.69) is 20.4 Å². The molecule has 0 atom stereocenters. The van der Waals surface area contributed by atoms with Gasteiger partial charge in [-0.2, -0.15) is 4.31 Å². The molecule has 3 rings (SSSR count). The fourth-order valence-electron chi connectivity index (χ4n) is 2.57. The van der Waals surface area contributed by atoms with Crippen molar-refractivity contribution in [3.8, 4) is 0 Å². The van der Waals surface area contributed by atoms with Crippen LogP contribution < -0.4 is 5.32 Å². The Kier molecular flexibility index (Phi) is 5.88. The minimum absolute atomic E-state index is 0.112. The number of amides is 1. The molecule has 1 fully saturated rings. The van der Waals surface area contributed by atoms with Crippen molar-refractivity contribution in [3.05, 3.63) is 34.9 Å². The maximum absolute atomic E-state index is 12.7.